The number of aromatic nitrogens is 1. The van der Waals surface area contributed by atoms with Crippen LogP contribution >= 0.6 is 0 Å². The first-order valence-electron chi connectivity index (χ1n) is 11.7. The standard InChI is InChI=1S/C27H25F2N3O3S/c28-22-7-5-20(6-8-22)18-31-19-21(25-3-1-2-4-26(25)31)17-27(33)30-13-15-32(16-14-30)36(34,35)24-11-9-23(29)10-12-24/h1-12,19H,13-18H2. The SMILES string of the molecule is O=C(Cc1cn(Cc2ccc(F)cc2)c2ccccc12)N1CCN(S(=O)(=O)c2ccc(F)cc2)CC1. The molecule has 1 amide bonds. The lowest BCUT2D eigenvalue weighted by Crippen LogP contribution is -2.50. The zero-order valence-electron chi connectivity index (χ0n) is 19.5. The van der Waals surface area contributed by atoms with E-state index >= 15 is 0 Å². The molecule has 36 heavy (non-hydrogen) atoms. The Labute approximate surface area is 208 Å². The molecule has 1 aliphatic rings. The number of carbonyl (C=O) groups excluding carboxylic acids is 1. The topological polar surface area (TPSA) is 62.6 Å². The summed E-state index contributed by atoms with van der Waals surface area (Å²) < 4.78 is 55.6. The number of hydrogen-bond acceptors (Lipinski definition) is 3. The normalized spacial score (nSPS) is 14.9. The largest absolute Gasteiger partial charge is 0.343 e. The third-order valence-electron chi connectivity index (χ3n) is 6.52. The van der Waals surface area contributed by atoms with Crippen LogP contribution in [-0.2, 0) is 27.8 Å². The van der Waals surface area contributed by atoms with E-state index in [9.17, 15) is 22.0 Å². The van der Waals surface area contributed by atoms with Crippen LogP contribution in [0.5, 0.6) is 0 Å². The number of halogens is 2. The molecule has 1 fully saturated rings. The van der Waals surface area contributed by atoms with E-state index in [2.05, 4.69) is 4.57 Å². The molecule has 0 saturated carbocycles. The van der Waals surface area contributed by atoms with Gasteiger partial charge >= 0.3 is 0 Å². The number of carbonyl (C=O) groups is 1. The summed E-state index contributed by atoms with van der Waals surface area (Å²) in [5, 5.41) is 0.977. The van der Waals surface area contributed by atoms with Crippen molar-refractivity contribution in [2.24, 2.45) is 0 Å². The average Bonchev–Trinajstić information content (AvgIpc) is 3.22. The van der Waals surface area contributed by atoms with Crippen LogP contribution in [0, 0.1) is 11.6 Å². The van der Waals surface area contributed by atoms with Crippen molar-refractivity contribution in [2.45, 2.75) is 17.9 Å². The van der Waals surface area contributed by atoms with Crippen LogP contribution in [0.3, 0.4) is 0 Å². The minimum atomic E-state index is -3.74. The van der Waals surface area contributed by atoms with E-state index in [-0.39, 0.29) is 49.2 Å². The summed E-state index contributed by atoms with van der Waals surface area (Å²) in [6, 6.07) is 18.9. The number of amides is 1. The fraction of sp³-hybridized carbons (Fsp3) is 0.222. The quantitative estimate of drug-likeness (QED) is 0.394. The van der Waals surface area contributed by atoms with Crippen molar-refractivity contribution in [1.82, 2.24) is 13.8 Å². The zero-order valence-corrected chi connectivity index (χ0v) is 20.3. The summed E-state index contributed by atoms with van der Waals surface area (Å²) >= 11 is 0. The first-order valence-corrected chi connectivity index (χ1v) is 13.1. The lowest BCUT2D eigenvalue weighted by Gasteiger charge is -2.34. The number of hydrogen-bond donors (Lipinski definition) is 0. The lowest BCUT2D eigenvalue weighted by molar-refractivity contribution is -0.131. The van der Waals surface area contributed by atoms with Crippen LogP contribution in [0.15, 0.2) is 83.9 Å². The monoisotopic (exact) mass is 509 g/mol. The van der Waals surface area contributed by atoms with Crippen LogP contribution < -0.4 is 0 Å². The van der Waals surface area contributed by atoms with Crippen molar-refractivity contribution in [3.05, 3.63) is 102 Å². The molecule has 0 unspecified atom stereocenters. The van der Waals surface area contributed by atoms with Crippen molar-refractivity contribution in [2.75, 3.05) is 26.2 Å². The highest BCUT2D eigenvalue weighted by Crippen LogP contribution is 2.24. The smallest absolute Gasteiger partial charge is 0.243 e. The number of rotatable bonds is 6. The van der Waals surface area contributed by atoms with Gasteiger partial charge in [0, 0.05) is 49.8 Å². The summed E-state index contributed by atoms with van der Waals surface area (Å²) in [5.41, 5.74) is 2.83. The van der Waals surface area contributed by atoms with Crippen molar-refractivity contribution in [3.63, 3.8) is 0 Å². The first kappa shape index (κ1) is 24.1. The third-order valence-corrected chi connectivity index (χ3v) is 8.43. The van der Waals surface area contributed by atoms with Crippen molar-refractivity contribution >= 4 is 26.8 Å². The Kier molecular flexibility index (Phi) is 6.59. The molecule has 1 saturated heterocycles. The Morgan fingerprint density at radius 3 is 2.08 bits per heavy atom. The Morgan fingerprint density at radius 2 is 1.42 bits per heavy atom. The fourth-order valence-electron chi connectivity index (χ4n) is 4.59. The molecule has 0 radical (unpaired) electrons. The van der Waals surface area contributed by atoms with Crippen molar-refractivity contribution in [1.29, 1.82) is 0 Å². The number of sulfonamides is 1. The molecule has 0 N–H and O–H groups in total. The Balaban J connectivity index is 1.28. The van der Waals surface area contributed by atoms with E-state index in [4.69, 9.17) is 0 Å². The van der Waals surface area contributed by atoms with Gasteiger partial charge in [0.15, 0.2) is 0 Å². The van der Waals surface area contributed by atoms with Gasteiger partial charge in [0.1, 0.15) is 11.6 Å². The molecule has 4 aromatic rings. The number of para-hydroxylation sites is 1. The Morgan fingerprint density at radius 1 is 0.806 bits per heavy atom. The molecule has 0 spiro atoms. The van der Waals surface area contributed by atoms with Crippen LogP contribution in [0.25, 0.3) is 10.9 Å². The molecule has 2 heterocycles. The molecule has 1 aromatic heterocycles. The highest BCUT2D eigenvalue weighted by Gasteiger charge is 2.30. The molecule has 9 heteroatoms. The second-order valence-electron chi connectivity index (χ2n) is 8.84. The van der Waals surface area contributed by atoms with Crippen LogP contribution in [-0.4, -0.2) is 54.3 Å². The predicted molar refractivity (Wildman–Crippen MR) is 133 cm³/mol. The van der Waals surface area contributed by atoms with E-state index in [1.54, 1.807) is 17.0 Å². The molecule has 6 nitrogen and oxygen atoms in total. The first-order chi connectivity index (χ1) is 17.3. The van der Waals surface area contributed by atoms with Crippen LogP contribution in [0.4, 0.5) is 8.78 Å². The minimum Gasteiger partial charge on any atom is -0.343 e. The second kappa shape index (κ2) is 9.83. The van der Waals surface area contributed by atoms with Gasteiger partial charge < -0.3 is 9.47 Å². The second-order valence-corrected chi connectivity index (χ2v) is 10.8. The molecule has 5 rings (SSSR count). The van der Waals surface area contributed by atoms with Gasteiger partial charge in [-0.2, -0.15) is 4.31 Å². The van der Waals surface area contributed by atoms with Crippen LogP contribution in [0.1, 0.15) is 11.1 Å². The number of fused-ring (bicyclic) bond motifs is 1. The minimum absolute atomic E-state index is 0.0395. The summed E-state index contributed by atoms with van der Waals surface area (Å²) in [7, 11) is -3.74. The molecular formula is C27H25F2N3O3S. The molecule has 186 valence electrons. The maximum atomic E-state index is 13.3. The van der Waals surface area contributed by atoms with Crippen LogP contribution in [0.2, 0.25) is 0 Å². The number of benzene rings is 3. The summed E-state index contributed by atoms with van der Waals surface area (Å²) in [6.07, 6.45) is 2.16. The van der Waals surface area contributed by atoms with Gasteiger partial charge in [0.2, 0.25) is 15.9 Å². The van der Waals surface area contributed by atoms with Gasteiger partial charge in [-0.05, 0) is 53.6 Å². The number of nitrogens with zero attached hydrogens (tertiary/aromatic N) is 3. The van der Waals surface area contributed by atoms with Crippen molar-refractivity contribution < 1.29 is 22.0 Å². The molecular weight excluding hydrogens is 484 g/mol. The average molecular weight is 510 g/mol. The molecule has 0 aliphatic carbocycles. The van der Waals surface area contributed by atoms with E-state index in [0.29, 0.717) is 6.54 Å². The van der Waals surface area contributed by atoms with Gasteiger partial charge in [0.25, 0.3) is 0 Å². The van der Waals surface area contributed by atoms with Gasteiger partial charge in [-0.15, -0.1) is 0 Å². The molecule has 3 aromatic carbocycles. The highest BCUT2D eigenvalue weighted by molar-refractivity contribution is 7.89. The highest BCUT2D eigenvalue weighted by atomic mass is 32.2. The summed E-state index contributed by atoms with van der Waals surface area (Å²) in [6.45, 7) is 1.48. The van der Waals surface area contributed by atoms with Crippen molar-refractivity contribution in [3.8, 4) is 0 Å². The summed E-state index contributed by atoms with van der Waals surface area (Å²) in [4.78, 5) is 14.9. The van der Waals surface area contributed by atoms with Gasteiger partial charge in [-0.1, -0.05) is 30.3 Å². The number of piperazine rings is 1. The van der Waals surface area contributed by atoms with E-state index in [1.165, 1.54) is 28.6 Å². The van der Waals surface area contributed by atoms with E-state index in [1.807, 2.05) is 30.5 Å². The van der Waals surface area contributed by atoms with E-state index in [0.717, 1.165) is 34.2 Å². The maximum Gasteiger partial charge on any atom is 0.243 e. The van der Waals surface area contributed by atoms with E-state index < -0.39 is 15.8 Å². The fourth-order valence-corrected chi connectivity index (χ4v) is 6.01. The van der Waals surface area contributed by atoms with Gasteiger partial charge in [-0.25, -0.2) is 17.2 Å². The Hall–Kier alpha value is -3.56. The lowest BCUT2D eigenvalue weighted by atomic mass is 10.1. The maximum absolute atomic E-state index is 13.3. The molecule has 0 atom stereocenters. The predicted octanol–water partition coefficient (Wildman–Crippen LogP) is 4.04. The van der Waals surface area contributed by atoms with Gasteiger partial charge in [0.05, 0.1) is 11.3 Å². The molecule has 1 aliphatic heterocycles. The zero-order chi connectivity index (χ0) is 25.3. The Bertz CT molecular complexity index is 1490. The third kappa shape index (κ3) is 4.89. The van der Waals surface area contributed by atoms with Gasteiger partial charge in [-0.3, -0.25) is 4.79 Å². The summed E-state index contributed by atoms with van der Waals surface area (Å²) in [5.74, 6) is -0.852. The molecule has 0 bridgehead atoms.